The maximum Gasteiger partial charge on any atom is 0.186 e. The first-order chi connectivity index (χ1) is 12.3. The number of nitrogens with zero attached hydrogens (tertiary/aromatic N) is 3. The van der Waals surface area contributed by atoms with Crippen LogP contribution in [0.3, 0.4) is 0 Å². The number of benzene rings is 1. The molecule has 0 aliphatic carbocycles. The van der Waals surface area contributed by atoms with E-state index in [1.165, 1.54) is 11.3 Å². The summed E-state index contributed by atoms with van der Waals surface area (Å²) in [6.07, 6.45) is 1.49. The second-order valence-electron chi connectivity index (χ2n) is 6.67. The van der Waals surface area contributed by atoms with Gasteiger partial charge in [-0.15, -0.1) is 0 Å². The molecule has 1 fully saturated rings. The Balaban J connectivity index is 1.71. The maximum atomic E-state index is 13.9. The summed E-state index contributed by atoms with van der Waals surface area (Å²) in [7, 11) is 3.81. The Kier molecular flexibility index (Phi) is 5.89. The van der Waals surface area contributed by atoms with E-state index in [4.69, 9.17) is 11.6 Å². The molecule has 140 valence electrons. The average Bonchev–Trinajstić information content (AvgIpc) is 2.98. The van der Waals surface area contributed by atoms with Crippen molar-refractivity contribution in [3.8, 4) is 0 Å². The van der Waals surface area contributed by atoms with Crippen LogP contribution in [0, 0.1) is 17.6 Å². The van der Waals surface area contributed by atoms with Crippen LogP contribution < -0.4 is 4.90 Å². The monoisotopic (exact) mass is 399 g/mol. The van der Waals surface area contributed by atoms with E-state index in [1.807, 2.05) is 19.0 Å². The minimum Gasteiger partial charge on any atom is -0.354 e. The zero-order valence-corrected chi connectivity index (χ0v) is 16.2. The predicted molar refractivity (Wildman–Crippen MR) is 100 cm³/mol. The number of hydrogen-bond acceptors (Lipinski definition) is 5. The molecular formula is C18H20ClF2N3OS. The number of aromatic nitrogens is 1. The molecule has 1 unspecified atom stereocenters. The van der Waals surface area contributed by atoms with Crippen LogP contribution in [0.25, 0.3) is 0 Å². The van der Waals surface area contributed by atoms with Crippen LogP contribution in [-0.2, 0) is 6.54 Å². The number of ketones is 1. The van der Waals surface area contributed by atoms with Crippen LogP contribution in [0.15, 0.2) is 18.2 Å². The lowest BCUT2D eigenvalue weighted by Crippen LogP contribution is -2.38. The summed E-state index contributed by atoms with van der Waals surface area (Å²) < 4.78 is 27.3. The van der Waals surface area contributed by atoms with Gasteiger partial charge in [-0.2, -0.15) is 0 Å². The first-order valence-electron chi connectivity index (χ1n) is 8.39. The van der Waals surface area contributed by atoms with E-state index in [0.29, 0.717) is 24.7 Å². The van der Waals surface area contributed by atoms with Gasteiger partial charge in [-0.1, -0.05) is 22.9 Å². The molecule has 1 aromatic heterocycles. The molecule has 0 amide bonds. The van der Waals surface area contributed by atoms with Gasteiger partial charge in [0.1, 0.15) is 16.8 Å². The molecule has 8 heteroatoms. The summed E-state index contributed by atoms with van der Waals surface area (Å²) in [5.74, 6) is -1.96. The number of carbonyl (C=O) groups is 1. The first-order valence-corrected chi connectivity index (χ1v) is 9.58. The number of hydrogen-bond donors (Lipinski definition) is 0. The Morgan fingerprint density at radius 3 is 2.88 bits per heavy atom. The maximum absolute atomic E-state index is 13.9. The minimum absolute atomic E-state index is 0.164. The van der Waals surface area contributed by atoms with Crippen LogP contribution in [0.5, 0.6) is 0 Å². The summed E-state index contributed by atoms with van der Waals surface area (Å²) in [6.45, 7) is 1.93. The molecule has 1 atom stereocenters. The second kappa shape index (κ2) is 7.98. The van der Waals surface area contributed by atoms with Gasteiger partial charge < -0.3 is 4.90 Å². The van der Waals surface area contributed by atoms with Crippen molar-refractivity contribution in [2.75, 3.05) is 32.1 Å². The summed E-state index contributed by atoms with van der Waals surface area (Å²) in [5.41, 5.74) is -0.164. The van der Waals surface area contributed by atoms with Crippen molar-refractivity contribution in [1.82, 2.24) is 9.88 Å². The Labute approximate surface area is 160 Å². The molecule has 1 aromatic carbocycles. The largest absolute Gasteiger partial charge is 0.354 e. The Hall–Kier alpha value is -1.57. The Bertz CT molecular complexity index is 812. The molecule has 0 bridgehead atoms. The van der Waals surface area contributed by atoms with Gasteiger partial charge in [0.15, 0.2) is 10.9 Å². The first kappa shape index (κ1) is 19.2. The van der Waals surface area contributed by atoms with E-state index >= 15 is 0 Å². The van der Waals surface area contributed by atoms with Crippen molar-refractivity contribution in [3.05, 3.63) is 45.4 Å². The SMILES string of the molecule is CN(C)c1nc(Cl)c(CN2CCCC(C(=O)c3cc(F)ccc3F)C2)s1. The smallest absolute Gasteiger partial charge is 0.186 e. The number of Topliss-reactive ketones (excluding diaryl/α,β-unsaturated/α-hetero) is 1. The summed E-state index contributed by atoms with van der Waals surface area (Å²) in [4.78, 5) is 21.9. The normalized spacial score (nSPS) is 18.1. The number of likely N-dealkylation sites (tertiary alicyclic amines) is 1. The van der Waals surface area contributed by atoms with Crippen molar-refractivity contribution in [1.29, 1.82) is 0 Å². The quantitative estimate of drug-likeness (QED) is 0.705. The van der Waals surface area contributed by atoms with Crippen LogP contribution in [0.2, 0.25) is 5.15 Å². The zero-order chi connectivity index (χ0) is 18.8. The molecule has 0 N–H and O–H groups in total. The summed E-state index contributed by atoms with van der Waals surface area (Å²) in [5, 5.41) is 1.31. The highest BCUT2D eigenvalue weighted by Crippen LogP contribution is 2.31. The molecule has 1 aliphatic rings. The molecule has 2 heterocycles. The van der Waals surface area contributed by atoms with Crippen LogP contribution in [0.4, 0.5) is 13.9 Å². The number of piperidine rings is 1. The van der Waals surface area contributed by atoms with E-state index in [-0.39, 0.29) is 17.3 Å². The van der Waals surface area contributed by atoms with Gasteiger partial charge in [-0.25, -0.2) is 13.8 Å². The number of halogens is 3. The van der Waals surface area contributed by atoms with E-state index in [9.17, 15) is 13.6 Å². The van der Waals surface area contributed by atoms with Crippen molar-refractivity contribution >= 4 is 33.9 Å². The molecule has 0 saturated carbocycles. The van der Waals surface area contributed by atoms with Gasteiger partial charge in [-0.3, -0.25) is 9.69 Å². The van der Waals surface area contributed by atoms with Crippen LogP contribution in [-0.4, -0.2) is 42.9 Å². The van der Waals surface area contributed by atoms with Gasteiger partial charge in [0.25, 0.3) is 0 Å². The highest BCUT2D eigenvalue weighted by molar-refractivity contribution is 7.16. The van der Waals surface area contributed by atoms with Gasteiger partial charge in [0.2, 0.25) is 0 Å². The zero-order valence-electron chi connectivity index (χ0n) is 14.6. The van der Waals surface area contributed by atoms with Crippen molar-refractivity contribution in [3.63, 3.8) is 0 Å². The van der Waals surface area contributed by atoms with Crippen LogP contribution >= 0.6 is 22.9 Å². The third-order valence-electron chi connectivity index (χ3n) is 4.46. The predicted octanol–water partition coefficient (Wildman–Crippen LogP) is 4.24. The number of rotatable bonds is 5. The third kappa shape index (κ3) is 4.22. The molecule has 3 rings (SSSR count). The lowest BCUT2D eigenvalue weighted by Gasteiger charge is -2.31. The summed E-state index contributed by atoms with van der Waals surface area (Å²) >= 11 is 7.75. The van der Waals surface area contributed by atoms with Crippen LogP contribution in [0.1, 0.15) is 28.1 Å². The highest BCUT2D eigenvalue weighted by Gasteiger charge is 2.29. The summed E-state index contributed by atoms with van der Waals surface area (Å²) in [6, 6.07) is 3.01. The fourth-order valence-corrected chi connectivity index (χ4v) is 4.36. The molecule has 1 aliphatic heterocycles. The number of thiazole rings is 1. The minimum atomic E-state index is -0.672. The molecule has 4 nitrogen and oxygen atoms in total. The van der Waals surface area contributed by atoms with Gasteiger partial charge in [-0.05, 0) is 37.6 Å². The fraction of sp³-hybridized carbons (Fsp3) is 0.444. The molecule has 2 aromatic rings. The van der Waals surface area contributed by atoms with E-state index in [2.05, 4.69) is 9.88 Å². The van der Waals surface area contributed by atoms with E-state index in [0.717, 1.165) is 41.2 Å². The van der Waals surface area contributed by atoms with E-state index in [1.54, 1.807) is 0 Å². The van der Waals surface area contributed by atoms with Gasteiger partial charge >= 0.3 is 0 Å². The molecule has 0 spiro atoms. The molecule has 26 heavy (non-hydrogen) atoms. The molecule has 1 saturated heterocycles. The Morgan fingerprint density at radius 1 is 1.42 bits per heavy atom. The van der Waals surface area contributed by atoms with Crippen molar-refractivity contribution in [2.45, 2.75) is 19.4 Å². The lowest BCUT2D eigenvalue weighted by atomic mass is 9.89. The average molecular weight is 400 g/mol. The van der Waals surface area contributed by atoms with Gasteiger partial charge in [0, 0.05) is 33.1 Å². The lowest BCUT2D eigenvalue weighted by molar-refractivity contribution is 0.0808. The molecule has 0 radical (unpaired) electrons. The van der Waals surface area contributed by atoms with E-state index < -0.39 is 11.6 Å². The third-order valence-corrected chi connectivity index (χ3v) is 6.09. The Morgan fingerprint density at radius 2 is 2.19 bits per heavy atom. The number of anilines is 1. The fourth-order valence-electron chi connectivity index (χ4n) is 3.13. The highest BCUT2D eigenvalue weighted by atomic mass is 35.5. The number of carbonyl (C=O) groups excluding carboxylic acids is 1. The standard InChI is InChI=1S/C18H20ClF2N3OS/c1-23(2)18-22-17(19)15(26-18)10-24-7-3-4-11(9-24)16(25)13-8-12(20)5-6-14(13)21/h5-6,8,11H,3-4,7,9-10H2,1-2H3. The van der Waals surface area contributed by atoms with Crippen molar-refractivity contribution in [2.24, 2.45) is 5.92 Å². The van der Waals surface area contributed by atoms with Crippen molar-refractivity contribution < 1.29 is 13.6 Å². The van der Waals surface area contributed by atoms with Gasteiger partial charge in [0.05, 0.1) is 10.4 Å². The molecular weight excluding hydrogens is 380 g/mol. The second-order valence-corrected chi connectivity index (χ2v) is 8.09. The topological polar surface area (TPSA) is 36.4 Å².